The molecule has 1 aromatic heterocycles. The summed E-state index contributed by atoms with van der Waals surface area (Å²) < 4.78 is 36.2. The lowest BCUT2D eigenvalue weighted by molar-refractivity contribution is -0.113. The minimum Gasteiger partial charge on any atom is -0.494 e. The maximum Gasteiger partial charge on any atom is 0.270 e. The van der Waals surface area contributed by atoms with Crippen molar-refractivity contribution in [2.24, 2.45) is 0 Å². The fourth-order valence-corrected chi connectivity index (χ4v) is 4.64. The Labute approximate surface area is 195 Å². The smallest absolute Gasteiger partial charge is 0.270 e. The third kappa shape index (κ3) is 6.36. The van der Waals surface area contributed by atoms with Crippen molar-refractivity contribution in [2.75, 3.05) is 24.3 Å². The van der Waals surface area contributed by atoms with Gasteiger partial charge in [0.2, 0.25) is 15.7 Å². The van der Waals surface area contributed by atoms with E-state index in [0.717, 1.165) is 18.0 Å². The minimum absolute atomic E-state index is 0.0266. The van der Waals surface area contributed by atoms with Gasteiger partial charge in [0.1, 0.15) is 11.5 Å². The maximum absolute atomic E-state index is 12.8. The van der Waals surface area contributed by atoms with Crippen LogP contribution in [0.1, 0.15) is 13.8 Å². The van der Waals surface area contributed by atoms with E-state index in [9.17, 15) is 18.0 Å². The second kappa shape index (κ2) is 11.0. The summed E-state index contributed by atoms with van der Waals surface area (Å²) in [6.07, 6.45) is 0.997. The standard InChI is InChI=1S/C22H23N3O6S2/c1-3-30-16-7-5-15(6-8-16)24-20(26)14-32-22-23-13-19(21(27)25-22)33(28,29)18-11-9-17(10-12-18)31-4-2/h5-13H,3-4,14H2,1-2H3,(H,24,26)(H,23,25,27). The van der Waals surface area contributed by atoms with Crippen molar-refractivity contribution in [1.29, 1.82) is 0 Å². The summed E-state index contributed by atoms with van der Waals surface area (Å²) in [4.78, 5) is 30.5. The number of ether oxygens (including phenoxy) is 2. The molecule has 3 rings (SSSR count). The third-order valence-electron chi connectivity index (χ3n) is 4.27. The molecule has 2 aromatic carbocycles. The zero-order chi connectivity index (χ0) is 23.8. The molecule has 0 atom stereocenters. The number of hydrogen-bond donors (Lipinski definition) is 2. The Morgan fingerprint density at radius 2 is 1.58 bits per heavy atom. The van der Waals surface area contributed by atoms with Gasteiger partial charge in [0.05, 0.1) is 30.1 Å². The van der Waals surface area contributed by atoms with Gasteiger partial charge in [-0.25, -0.2) is 13.4 Å². The molecule has 33 heavy (non-hydrogen) atoms. The summed E-state index contributed by atoms with van der Waals surface area (Å²) in [6, 6.07) is 12.7. The van der Waals surface area contributed by atoms with Gasteiger partial charge in [-0.05, 0) is 62.4 Å². The Hall–Kier alpha value is -3.31. The quantitative estimate of drug-likeness (QED) is 0.328. The molecule has 0 aliphatic rings. The zero-order valence-corrected chi connectivity index (χ0v) is 19.7. The molecule has 2 N–H and O–H groups in total. The van der Waals surface area contributed by atoms with Gasteiger partial charge in [0, 0.05) is 5.69 Å². The Morgan fingerprint density at radius 1 is 1.00 bits per heavy atom. The lowest BCUT2D eigenvalue weighted by atomic mass is 10.3. The molecule has 0 bridgehead atoms. The van der Waals surface area contributed by atoms with Gasteiger partial charge in [0.25, 0.3) is 5.56 Å². The molecule has 9 nitrogen and oxygen atoms in total. The molecular formula is C22H23N3O6S2. The van der Waals surface area contributed by atoms with Crippen LogP contribution in [0.4, 0.5) is 5.69 Å². The number of aromatic nitrogens is 2. The molecule has 0 spiro atoms. The highest BCUT2D eigenvalue weighted by molar-refractivity contribution is 7.99. The minimum atomic E-state index is -4.06. The average Bonchev–Trinajstić information content (AvgIpc) is 2.80. The van der Waals surface area contributed by atoms with Crippen LogP contribution in [0, 0.1) is 0 Å². The number of nitrogens with zero attached hydrogens (tertiary/aromatic N) is 1. The number of carbonyl (C=O) groups is 1. The van der Waals surface area contributed by atoms with E-state index in [4.69, 9.17) is 9.47 Å². The molecule has 1 amide bonds. The number of benzene rings is 2. The number of anilines is 1. The van der Waals surface area contributed by atoms with E-state index in [1.807, 2.05) is 13.8 Å². The number of amides is 1. The van der Waals surface area contributed by atoms with Crippen LogP contribution < -0.4 is 20.3 Å². The largest absolute Gasteiger partial charge is 0.494 e. The Balaban J connectivity index is 1.64. The molecule has 0 fully saturated rings. The van der Waals surface area contributed by atoms with E-state index >= 15 is 0 Å². The highest BCUT2D eigenvalue weighted by atomic mass is 32.2. The highest BCUT2D eigenvalue weighted by Crippen LogP contribution is 2.22. The monoisotopic (exact) mass is 489 g/mol. The van der Waals surface area contributed by atoms with Crippen molar-refractivity contribution in [3.63, 3.8) is 0 Å². The maximum atomic E-state index is 12.8. The van der Waals surface area contributed by atoms with Crippen LogP contribution in [0.25, 0.3) is 0 Å². The average molecular weight is 490 g/mol. The van der Waals surface area contributed by atoms with Crippen molar-refractivity contribution >= 4 is 33.2 Å². The van der Waals surface area contributed by atoms with Crippen LogP contribution in [0.3, 0.4) is 0 Å². The summed E-state index contributed by atoms with van der Waals surface area (Å²) in [6.45, 7) is 4.70. The van der Waals surface area contributed by atoms with Crippen LogP contribution in [-0.4, -0.2) is 43.3 Å². The highest BCUT2D eigenvalue weighted by Gasteiger charge is 2.22. The molecule has 3 aromatic rings. The summed E-state index contributed by atoms with van der Waals surface area (Å²) in [5.74, 6) is 0.893. The van der Waals surface area contributed by atoms with E-state index in [-0.39, 0.29) is 21.7 Å². The first-order chi connectivity index (χ1) is 15.8. The fourth-order valence-electron chi connectivity index (χ4n) is 2.77. The number of H-pyrrole nitrogens is 1. The number of sulfone groups is 1. The lowest BCUT2D eigenvalue weighted by Gasteiger charge is -2.08. The lowest BCUT2D eigenvalue weighted by Crippen LogP contribution is -2.20. The molecule has 1 heterocycles. The number of carbonyl (C=O) groups excluding carboxylic acids is 1. The van der Waals surface area contributed by atoms with Gasteiger partial charge >= 0.3 is 0 Å². The van der Waals surface area contributed by atoms with Crippen LogP contribution in [0.5, 0.6) is 11.5 Å². The van der Waals surface area contributed by atoms with E-state index in [1.165, 1.54) is 24.3 Å². The Kier molecular flexibility index (Phi) is 8.12. The first-order valence-corrected chi connectivity index (χ1v) is 12.5. The molecule has 0 aliphatic carbocycles. The SMILES string of the molecule is CCOc1ccc(NC(=O)CSc2ncc(S(=O)(=O)c3ccc(OCC)cc3)c(=O)[nH]2)cc1. The molecule has 11 heteroatoms. The molecule has 0 saturated carbocycles. The van der Waals surface area contributed by atoms with Crippen molar-refractivity contribution < 1.29 is 22.7 Å². The second-order valence-electron chi connectivity index (χ2n) is 6.58. The molecule has 0 unspecified atom stereocenters. The summed E-state index contributed by atoms with van der Waals surface area (Å²) >= 11 is 0.981. The van der Waals surface area contributed by atoms with Gasteiger partial charge in [-0.1, -0.05) is 11.8 Å². The van der Waals surface area contributed by atoms with Crippen molar-refractivity contribution in [2.45, 2.75) is 28.8 Å². The van der Waals surface area contributed by atoms with Gasteiger partial charge in [-0.2, -0.15) is 0 Å². The van der Waals surface area contributed by atoms with Crippen LogP contribution in [-0.2, 0) is 14.6 Å². The zero-order valence-electron chi connectivity index (χ0n) is 18.0. The molecular weight excluding hydrogens is 466 g/mol. The van der Waals surface area contributed by atoms with Gasteiger partial charge < -0.3 is 19.8 Å². The number of hydrogen-bond acceptors (Lipinski definition) is 8. The van der Waals surface area contributed by atoms with E-state index < -0.39 is 20.3 Å². The molecule has 0 saturated heterocycles. The Morgan fingerprint density at radius 3 is 2.12 bits per heavy atom. The number of nitrogens with one attached hydrogen (secondary N) is 2. The number of rotatable bonds is 10. The van der Waals surface area contributed by atoms with Gasteiger partial charge in [0.15, 0.2) is 10.1 Å². The van der Waals surface area contributed by atoms with E-state index in [0.29, 0.717) is 30.4 Å². The predicted octanol–water partition coefficient (Wildman–Crippen LogP) is 3.13. The van der Waals surface area contributed by atoms with E-state index in [1.54, 1.807) is 24.3 Å². The van der Waals surface area contributed by atoms with Crippen LogP contribution in [0.15, 0.2) is 74.5 Å². The first kappa shape index (κ1) is 24.3. The first-order valence-electron chi connectivity index (χ1n) is 10.1. The second-order valence-corrected chi connectivity index (χ2v) is 9.47. The molecule has 0 radical (unpaired) electrons. The predicted molar refractivity (Wildman–Crippen MR) is 125 cm³/mol. The number of thioether (sulfide) groups is 1. The van der Waals surface area contributed by atoms with Crippen molar-refractivity contribution in [3.05, 3.63) is 65.1 Å². The van der Waals surface area contributed by atoms with Crippen molar-refractivity contribution in [1.82, 2.24) is 9.97 Å². The van der Waals surface area contributed by atoms with Crippen molar-refractivity contribution in [3.8, 4) is 11.5 Å². The fraction of sp³-hybridized carbons (Fsp3) is 0.227. The van der Waals surface area contributed by atoms with Crippen LogP contribution >= 0.6 is 11.8 Å². The molecule has 174 valence electrons. The summed E-state index contributed by atoms with van der Waals surface area (Å²) in [5.41, 5.74) is -0.212. The normalized spacial score (nSPS) is 11.1. The number of aromatic amines is 1. The summed E-state index contributed by atoms with van der Waals surface area (Å²) in [5, 5.41) is 2.86. The van der Waals surface area contributed by atoms with Gasteiger partial charge in [-0.15, -0.1) is 0 Å². The van der Waals surface area contributed by atoms with Crippen LogP contribution in [0.2, 0.25) is 0 Å². The third-order valence-corrected chi connectivity index (χ3v) is 6.92. The summed E-state index contributed by atoms with van der Waals surface area (Å²) in [7, 11) is -4.06. The topological polar surface area (TPSA) is 127 Å². The molecule has 0 aliphatic heterocycles. The van der Waals surface area contributed by atoms with Gasteiger partial charge in [-0.3, -0.25) is 9.59 Å². The Bertz CT molecular complexity index is 1260. The van der Waals surface area contributed by atoms with E-state index in [2.05, 4.69) is 15.3 Å².